The predicted molar refractivity (Wildman–Crippen MR) is 65.9 cm³/mol. The minimum absolute atomic E-state index is 0.923. The van der Waals surface area contributed by atoms with Crippen LogP contribution in [0, 0.1) is 17.8 Å². The van der Waals surface area contributed by atoms with Gasteiger partial charge in [0.05, 0.1) is 0 Å². The molecular formula is C14H27N. The topological polar surface area (TPSA) is 3.24 Å². The van der Waals surface area contributed by atoms with E-state index in [1.807, 2.05) is 0 Å². The Balaban J connectivity index is 1.87. The molecule has 2 aliphatic rings. The predicted octanol–water partition coefficient (Wildman–Crippen LogP) is 3.54. The van der Waals surface area contributed by atoms with Crippen molar-refractivity contribution in [2.45, 2.75) is 58.9 Å². The van der Waals surface area contributed by atoms with Gasteiger partial charge in [-0.1, -0.05) is 20.8 Å². The van der Waals surface area contributed by atoms with E-state index in [0.717, 1.165) is 23.8 Å². The molecule has 1 aliphatic carbocycles. The van der Waals surface area contributed by atoms with Crippen LogP contribution in [0.1, 0.15) is 52.9 Å². The lowest BCUT2D eigenvalue weighted by atomic mass is 9.84. The number of hydrogen-bond donors (Lipinski definition) is 0. The summed E-state index contributed by atoms with van der Waals surface area (Å²) in [6.45, 7) is 9.99. The monoisotopic (exact) mass is 209 g/mol. The molecule has 0 bridgehead atoms. The van der Waals surface area contributed by atoms with E-state index in [4.69, 9.17) is 0 Å². The molecule has 1 saturated carbocycles. The van der Waals surface area contributed by atoms with Crippen LogP contribution in [-0.4, -0.2) is 24.0 Å². The van der Waals surface area contributed by atoms with E-state index in [-0.39, 0.29) is 0 Å². The quantitative estimate of drug-likeness (QED) is 0.638. The molecule has 1 heterocycles. The van der Waals surface area contributed by atoms with Crippen LogP contribution >= 0.6 is 0 Å². The fourth-order valence-electron chi connectivity index (χ4n) is 3.62. The molecule has 1 heteroatoms. The molecule has 1 nitrogen and oxygen atoms in total. The highest BCUT2D eigenvalue weighted by atomic mass is 15.2. The van der Waals surface area contributed by atoms with E-state index in [1.165, 1.54) is 45.2 Å². The Labute approximate surface area is 95.2 Å². The van der Waals surface area contributed by atoms with Gasteiger partial charge in [-0.15, -0.1) is 0 Å². The molecule has 0 radical (unpaired) electrons. The van der Waals surface area contributed by atoms with Gasteiger partial charge in [0.25, 0.3) is 0 Å². The minimum atomic E-state index is 0.923. The highest BCUT2D eigenvalue weighted by Crippen LogP contribution is 2.31. The summed E-state index contributed by atoms with van der Waals surface area (Å²) >= 11 is 0. The summed E-state index contributed by atoms with van der Waals surface area (Å²) in [6.07, 6.45) is 7.29. The van der Waals surface area contributed by atoms with Crippen molar-refractivity contribution in [2.24, 2.45) is 17.8 Å². The van der Waals surface area contributed by atoms with E-state index in [2.05, 4.69) is 25.7 Å². The average molecular weight is 209 g/mol. The van der Waals surface area contributed by atoms with Crippen molar-refractivity contribution >= 4 is 0 Å². The molecule has 2 rings (SSSR count). The number of likely N-dealkylation sites (tertiary alicyclic amines) is 1. The van der Waals surface area contributed by atoms with Gasteiger partial charge >= 0.3 is 0 Å². The van der Waals surface area contributed by atoms with Crippen molar-refractivity contribution in [3.05, 3.63) is 0 Å². The second-order valence-electron chi connectivity index (χ2n) is 6.31. The summed E-state index contributed by atoms with van der Waals surface area (Å²) in [5, 5.41) is 0. The lowest BCUT2D eigenvalue weighted by molar-refractivity contribution is 0.0683. The lowest BCUT2D eigenvalue weighted by Gasteiger charge is -2.42. The van der Waals surface area contributed by atoms with Gasteiger partial charge in [0.1, 0.15) is 0 Å². The van der Waals surface area contributed by atoms with E-state index in [0.29, 0.717) is 0 Å². The third-order valence-electron chi connectivity index (χ3n) is 4.40. The Morgan fingerprint density at radius 2 is 1.27 bits per heavy atom. The molecule has 0 amide bonds. The Bertz CT molecular complexity index is 184. The zero-order chi connectivity index (χ0) is 10.8. The van der Waals surface area contributed by atoms with E-state index in [1.54, 1.807) is 0 Å². The molecule has 1 aliphatic heterocycles. The van der Waals surface area contributed by atoms with Crippen LogP contribution in [0.25, 0.3) is 0 Å². The molecule has 0 spiro atoms. The van der Waals surface area contributed by atoms with Gasteiger partial charge in [-0.3, -0.25) is 4.90 Å². The van der Waals surface area contributed by atoms with Gasteiger partial charge in [-0.25, -0.2) is 0 Å². The average Bonchev–Trinajstić information content (AvgIpc) is 2.17. The zero-order valence-corrected chi connectivity index (χ0v) is 10.7. The number of rotatable bonds is 1. The fourth-order valence-corrected chi connectivity index (χ4v) is 3.62. The first kappa shape index (κ1) is 11.4. The molecule has 88 valence electrons. The maximum Gasteiger partial charge on any atom is 0.00956 e. The first-order valence-electron chi connectivity index (χ1n) is 6.89. The Morgan fingerprint density at radius 1 is 0.733 bits per heavy atom. The SMILES string of the molecule is CC1CCC(N2C[C@H](C)C[C@H](C)C2)CC1. The van der Waals surface area contributed by atoms with Gasteiger partial charge in [-0.2, -0.15) is 0 Å². The van der Waals surface area contributed by atoms with Crippen molar-refractivity contribution in [1.29, 1.82) is 0 Å². The van der Waals surface area contributed by atoms with Crippen molar-refractivity contribution < 1.29 is 0 Å². The van der Waals surface area contributed by atoms with Crippen LogP contribution in [0.4, 0.5) is 0 Å². The van der Waals surface area contributed by atoms with E-state index in [9.17, 15) is 0 Å². The summed E-state index contributed by atoms with van der Waals surface area (Å²) in [5.41, 5.74) is 0. The molecule has 2 atom stereocenters. The Kier molecular flexibility index (Phi) is 3.71. The summed E-state index contributed by atoms with van der Waals surface area (Å²) in [5.74, 6) is 2.84. The molecule has 0 N–H and O–H groups in total. The minimum Gasteiger partial charge on any atom is -0.300 e. The van der Waals surface area contributed by atoms with Crippen molar-refractivity contribution in [2.75, 3.05) is 13.1 Å². The summed E-state index contributed by atoms with van der Waals surface area (Å²) < 4.78 is 0. The smallest absolute Gasteiger partial charge is 0.00956 e. The molecule has 0 aromatic rings. The zero-order valence-electron chi connectivity index (χ0n) is 10.7. The van der Waals surface area contributed by atoms with E-state index >= 15 is 0 Å². The lowest BCUT2D eigenvalue weighted by Crippen LogP contribution is -2.46. The highest BCUT2D eigenvalue weighted by Gasteiger charge is 2.29. The van der Waals surface area contributed by atoms with Gasteiger partial charge < -0.3 is 0 Å². The fraction of sp³-hybridized carbons (Fsp3) is 1.00. The Hall–Kier alpha value is -0.0400. The molecule has 0 aromatic carbocycles. The molecule has 0 unspecified atom stereocenters. The summed E-state index contributed by atoms with van der Waals surface area (Å²) in [4.78, 5) is 2.80. The van der Waals surface area contributed by atoms with Crippen LogP contribution in [0.15, 0.2) is 0 Å². The van der Waals surface area contributed by atoms with Crippen molar-refractivity contribution in [1.82, 2.24) is 4.90 Å². The largest absolute Gasteiger partial charge is 0.300 e. The molecule has 1 saturated heterocycles. The van der Waals surface area contributed by atoms with Crippen molar-refractivity contribution in [3.8, 4) is 0 Å². The van der Waals surface area contributed by atoms with Gasteiger partial charge in [0.2, 0.25) is 0 Å². The van der Waals surface area contributed by atoms with Gasteiger partial charge in [0, 0.05) is 19.1 Å². The standard InChI is InChI=1S/C14H27N/c1-11-4-6-14(7-5-11)15-9-12(2)8-13(3)10-15/h11-14H,4-10H2,1-3H3/t11?,12-,13+,14?. The molecule has 2 fully saturated rings. The van der Waals surface area contributed by atoms with Crippen LogP contribution < -0.4 is 0 Å². The Morgan fingerprint density at radius 3 is 1.80 bits per heavy atom. The third kappa shape index (κ3) is 2.96. The van der Waals surface area contributed by atoms with E-state index < -0.39 is 0 Å². The number of hydrogen-bond acceptors (Lipinski definition) is 1. The first-order chi connectivity index (χ1) is 7.15. The molecular weight excluding hydrogens is 182 g/mol. The normalized spacial score (nSPS) is 44.2. The number of nitrogens with zero attached hydrogens (tertiary/aromatic N) is 1. The van der Waals surface area contributed by atoms with Gasteiger partial charge in [0.15, 0.2) is 0 Å². The second kappa shape index (κ2) is 4.86. The molecule has 0 aromatic heterocycles. The summed E-state index contributed by atoms with van der Waals surface area (Å²) in [7, 11) is 0. The van der Waals surface area contributed by atoms with Crippen LogP contribution in [0.2, 0.25) is 0 Å². The van der Waals surface area contributed by atoms with Crippen molar-refractivity contribution in [3.63, 3.8) is 0 Å². The maximum absolute atomic E-state index is 2.80. The second-order valence-corrected chi connectivity index (χ2v) is 6.31. The third-order valence-corrected chi connectivity index (χ3v) is 4.40. The highest BCUT2D eigenvalue weighted by molar-refractivity contribution is 4.83. The van der Waals surface area contributed by atoms with Crippen LogP contribution in [0.5, 0.6) is 0 Å². The first-order valence-corrected chi connectivity index (χ1v) is 6.89. The maximum atomic E-state index is 2.80. The van der Waals surface area contributed by atoms with Gasteiger partial charge in [-0.05, 0) is 49.9 Å². The summed E-state index contributed by atoms with van der Waals surface area (Å²) in [6, 6.07) is 0.923. The van der Waals surface area contributed by atoms with Crippen LogP contribution in [-0.2, 0) is 0 Å². The molecule has 15 heavy (non-hydrogen) atoms. The van der Waals surface area contributed by atoms with Crippen LogP contribution in [0.3, 0.4) is 0 Å². The number of piperidine rings is 1.